The Morgan fingerprint density at radius 3 is 2.46 bits per heavy atom. The van der Waals surface area contributed by atoms with E-state index in [1.165, 1.54) is 12.1 Å². The fourth-order valence-electron chi connectivity index (χ4n) is 3.12. The highest BCUT2D eigenvalue weighted by atomic mass is 19.1. The van der Waals surface area contributed by atoms with Crippen molar-refractivity contribution >= 4 is 17.0 Å². The van der Waals surface area contributed by atoms with Crippen LogP contribution in [0.5, 0.6) is 0 Å². The average molecular weight is 376 g/mol. The molecule has 0 aliphatic carbocycles. The van der Waals surface area contributed by atoms with Gasteiger partial charge < -0.3 is 5.32 Å². The number of fused-ring (bicyclic) bond motifs is 1. The van der Waals surface area contributed by atoms with Gasteiger partial charge in [0.1, 0.15) is 11.3 Å². The molecule has 0 amide bonds. The number of aromatic nitrogens is 5. The van der Waals surface area contributed by atoms with Crippen LogP contribution >= 0.6 is 0 Å². The van der Waals surface area contributed by atoms with Crippen molar-refractivity contribution in [3.63, 3.8) is 0 Å². The van der Waals surface area contributed by atoms with E-state index in [0.29, 0.717) is 12.5 Å². The number of rotatable bonds is 5. The first kappa shape index (κ1) is 18.0. The third-order valence-electron chi connectivity index (χ3n) is 4.40. The Kier molecular flexibility index (Phi) is 4.73. The molecule has 1 N–H and O–H groups in total. The lowest BCUT2D eigenvalue weighted by molar-refractivity contribution is 0.625. The largest absolute Gasteiger partial charge is 0.352 e. The van der Waals surface area contributed by atoms with Crippen molar-refractivity contribution in [1.82, 2.24) is 24.7 Å². The van der Waals surface area contributed by atoms with Crippen molar-refractivity contribution in [2.24, 2.45) is 0 Å². The summed E-state index contributed by atoms with van der Waals surface area (Å²) < 4.78 is 15.0. The Morgan fingerprint density at radius 2 is 1.79 bits per heavy atom. The van der Waals surface area contributed by atoms with E-state index >= 15 is 0 Å². The highest BCUT2D eigenvalue weighted by molar-refractivity contribution is 5.81. The van der Waals surface area contributed by atoms with E-state index in [0.717, 1.165) is 33.4 Å². The molecule has 0 aliphatic rings. The van der Waals surface area contributed by atoms with Crippen molar-refractivity contribution in [1.29, 1.82) is 0 Å². The van der Waals surface area contributed by atoms with Crippen LogP contribution in [0.1, 0.15) is 25.0 Å². The van der Waals surface area contributed by atoms with Crippen LogP contribution in [0.2, 0.25) is 0 Å². The number of nitrogens with zero attached hydrogens (tertiary/aromatic N) is 5. The molecule has 0 atom stereocenters. The summed E-state index contributed by atoms with van der Waals surface area (Å²) in [4.78, 5) is 13.4. The number of pyridine rings is 1. The number of anilines is 1. The second-order valence-corrected chi connectivity index (χ2v) is 7.08. The van der Waals surface area contributed by atoms with Crippen molar-refractivity contribution in [2.75, 3.05) is 5.32 Å². The van der Waals surface area contributed by atoms with E-state index in [1.54, 1.807) is 30.7 Å². The van der Waals surface area contributed by atoms with Gasteiger partial charge in [0, 0.05) is 24.0 Å². The van der Waals surface area contributed by atoms with Crippen molar-refractivity contribution < 1.29 is 4.39 Å². The Hall–Kier alpha value is -3.35. The quantitative estimate of drug-likeness (QED) is 0.565. The fraction of sp³-hybridized carbons (Fsp3) is 0.238. The molecule has 0 fully saturated rings. The zero-order chi connectivity index (χ0) is 19.7. The molecule has 7 heteroatoms. The zero-order valence-corrected chi connectivity index (χ0v) is 16.0. The van der Waals surface area contributed by atoms with Crippen LogP contribution in [0.4, 0.5) is 10.3 Å². The molecule has 0 unspecified atom stereocenters. The van der Waals surface area contributed by atoms with Crippen LogP contribution in [0.25, 0.3) is 22.3 Å². The van der Waals surface area contributed by atoms with E-state index in [1.807, 2.05) is 31.5 Å². The van der Waals surface area contributed by atoms with Gasteiger partial charge in [0.05, 0.1) is 24.0 Å². The number of benzene rings is 1. The molecule has 3 heterocycles. The molecular weight excluding hydrogens is 355 g/mol. The maximum atomic E-state index is 13.1. The smallest absolute Gasteiger partial charge is 0.222 e. The summed E-state index contributed by atoms with van der Waals surface area (Å²) in [6.45, 7) is 6.68. The second kappa shape index (κ2) is 7.34. The topological polar surface area (TPSA) is 68.5 Å². The lowest BCUT2D eigenvalue weighted by Gasteiger charge is -2.09. The molecule has 0 saturated carbocycles. The summed E-state index contributed by atoms with van der Waals surface area (Å²) >= 11 is 0. The standard InChI is InChI=1S/C21H21FN6/c1-13(2)26-21-23-9-16(10-24-21)18-8-14(3)20-19(27-18)11-25-28(20)12-15-4-6-17(22)7-5-15/h4-11,13H,12H2,1-3H3,(H,23,24,26). The van der Waals surface area contributed by atoms with Crippen LogP contribution in [-0.2, 0) is 6.54 Å². The zero-order valence-electron chi connectivity index (χ0n) is 16.0. The molecule has 4 rings (SSSR count). The summed E-state index contributed by atoms with van der Waals surface area (Å²) in [5.41, 5.74) is 5.47. The molecule has 4 aromatic rings. The van der Waals surface area contributed by atoms with E-state index in [2.05, 4.69) is 20.4 Å². The monoisotopic (exact) mass is 376 g/mol. The summed E-state index contributed by atoms with van der Waals surface area (Å²) in [5.74, 6) is 0.358. The molecule has 0 radical (unpaired) electrons. The number of nitrogens with one attached hydrogen (secondary N) is 1. The van der Waals surface area contributed by atoms with Gasteiger partial charge in [-0.3, -0.25) is 4.68 Å². The maximum Gasteiger partial charge on any atom is 0.222 e. The highest BCUT2D eigenvalue weighted by Gasteiger charge is 2.12. The fourth-order valence-corrected chi connectivity index (χ4v) is 3.12. The molecule has 0 aliphatic heterocycles. The van der Waals surface area contributed by atoms with Gasteiger partial charge in [-0.15, -0.1) is 0 Å². The molecule has 28 heavy (non-hydrogen) atoms. The summed E-state index contributed by atoms with van der Waals surface area (Å²) in [6, 6.07) is 8.74. The number of hydrogen-bond donors (Lipinski definition) is 1. The Labute approximate surface area is 162 Å². The Morgan fingerprint density at radius 1 is 1.07 bits per heavy atom. The minimum Gasteiger partial charge on any atom is -0.352 e. The van der Waals surface area contributed by atoms with Crippen LogP contribution in [0, 0.1) is 12.7 Å². The van der Waals surface area contributed by atoms with Gasteiger partial charge in [-0.05, 0) is 50.1 Å². The number of halogens is 1. The second-order valence-electron chi connectivity index (χ2n) is 7.08. The van der Waals surface area contributed by atoms with Gasteiger partial charge in [-0.25, -0.2) is 19.3 Å². The van der Waals surface area contributed by atoms with E-state index in [9.17, 15) is 4.39 Å². The lowest BCUT2D eigenvalue weighted by atomic mass is 10.1. The molecule has 0 bridgehead atoms. The normalized spacial score (nSPS) is 11.3. The van der Waals surface area contributed by atoms with Crippen LogP contribution in [-0.4, -0.2) is 30.8 Å². The van der Waals surface area contributed by atoms with Gasteiger partial charge in [0.25, 0.3) is 0 Å². The first-order valence-corrected chi connectivity index (χ1v) is 9.16. The molecule has 6 nitrogen and oxygen atoms in total. The molecular formula is C21H21FN6. The third-order valence-corrected chi connectivity index (χ3v) is 4.40. The molecule has 3 aromatic heterocycles. The minimum absolute atomic E-state index is 0.242. The van der Waals surface area contributed by atoms with Crippen LogP contribution in [0.15, 0.2) is 48.9 Å². The van der Waals surface area contributed by atoms with E-state index in [-0.39, 0.29) is 11.9 Å². The molecule has 0 saturated heterocycles. The molecule has 1 aromatic carbocycles. The van der Waals surface area contributed by atoms with Crippen molar-refractivity contribution in [3.8, 4) is 11.3 Å². The van der Waals surface area contributed by atoms with Crippen molar-refractivity contribution in [3.05, 3.63) is 65.9 Å². The number of aryl methyl sites for hydroxylation is 1. The Bertz CT molecular complexity index is 1100. The summed E-state index contributed by atoms with van der Waals surface area (Å²) in [5, 5.41) is 7.65. The van der Waals surface area contributed by atoms with Gasteiger partial charge in [-0.1, -0.05) is 12.1 Å². The number of hydrogen-bond acceptors (Lipinski definition) is 5. The SMILES string of the molecule is Cc1cc(-c2cnc(NC(C)C)nc2)nc2cnn(Cc3ccc(F)cc3)c12. The average Bonchev–Trinajstić information content (AvgIpc) is 3.07. The predicted molar refractivity (Wildman–Crippen MR) is 108 cm³/mol. The Balaban J connectivity index is 1.65. The molecule has 142 valence electrons. The van der Waals surface area contributed by atoms with Gasteiger partial charge in [0.15, 0.2) is 0 Å². The minimum atomic E-state index is -0.242. The van der Waals surface area contributed by atoms with Gasteiger partial charge >= 0.3 is 0 Å². The van der Waals surface area contributed by atoms with Crippen LogP contribution < -0.4 is 5.32 Å². The van der Waals surface area contributed by atoms with E-state index in [4.69, 9.17) is 4.98 Å². The highest BCUT2D eigenvalue weighted by Crippen LogP contribution is 2.24. The van der Waals surface area contributed by atoms with Crippen molar-refractivity contribution in [2.45, 2.75) is 33.4 Å². The van der Waals surface area contributed by atoms with Crippen LogP contribution in [0.3, 0.4) is 0 Å². The summed E-state index contributed by atoms with van der Waals surface area (Å²) in [7, 11) is 0. The third kappa shape index (κ3) is 3.69. The molecule has 0 spiro atoms. The first-order chi connectivity index (χ1) is 13.5. The van der Waals surface area contributed by atoms with Gasteiger partial charge in [-0.2, -0.15) is 5.10 Å². The lowest BCUT2D eigenvalue weighted by Crippen LogP contribution is -2.12. The van der Waals surface area contributed by atoms with E-state index < -0.39 is 0 Å². The maximum absolute atomic E-state index is 13.1. The van der Waals surface area contributed by atoms with Gasteiger partial charge in [0.2, 0.25) is 5.95 Å². The summed E-state index contributed by atoms with van der Waals surface area (Å²) in [6.07, 6.45) is 5.30. The predicted octanol–water partition coefficient (Wildman–Crippen LogP) is 4.20. The first-order valence-electron chi connectivity index (χ1n) is 9.16.